The number of benzene rings is 1. The van der Waals surface area contributed by atoms with Gasteiger partial charge in [-0.3, -0.25) is 0 Å². The van der Waals surface area contributed by atoms with Crippen LogP contribution in [0.25, 0.3) is 0 Å². The van der Waals surface area contributed by atoms with Crippen LogP contribution in [-0.4, -0.2) is 14.2 Å². The van der Waals surface area contributed by atoms with Crippen LogP contribution in [0.4, 0.5) is 5.69 Å². The number of ether oxygens (including phenoxy) is 2. The molecule has 0 aliphatic heterocycles. The number of nitrogen functional groups attached to an aromatic ring is 1. The van der Waals surface area contributed by atoms with Crippen molar-refractivity contribution in [2.45, 2.75) is 0 Å². The molecule has 0 spiro atoms. The highest BCUT2D eigenvalue weighted by molar-refractivity contribution is 6.39. The molecule has 0 aliphatic rings. The van der Waals surface area contributed by atoms with Crippen LogP contribution in [0.3, 0.4) is 0 Å². The summed E-state index contributed by atoms with van der Waals surface area (Å²) in [6.07, 6.45) is 0. The molecule has 0 fully saturated rings. The van der Waals surface area contributed by atoms with Crippen LogP contribution in [-0.2, 0) is 0 Å². The molecular weight excluding hydrogens is 213 g/mol. The number of halogens is 2. The minimum atomic E-state index is 0.299. The maximum Gasteiger partial charge on any atom is 0.161 e. The highest BCUT2D eigenvalue weighted by atomic mass is 35.5. The van der Waals surface area contributed by atoms with Gasteiger partial charge in [-0.1, -0.05) is 23.2 Å². The lowest BCUT2D eigenvalue weighted by Crippen LogP contribution is -1.95. The van der Waals surface area contributed by atoms with Crippen molar-refractivity contribution in [2.75, 3.05) is 20.0 Å². The maximum absolute atomic E-state index is 5.90. The fourth-order valence-electron chi connectivity index (χ4n) is 0.935. The van der Waals surface area contributed by atoms with Crippen LogP contribution in [0, 0.1) is 0 Å². The van der Waals surface area contributed by atoms with E-state index in [4.69, 9.17) is 38.4 Å². The zero-order valence-electron chi connectivity index (χ0n) is 7.23. The van der Waals surface area contributed by atoms with E-state index in [-0.39, 0.29) is 0 Å². The predicted octanol–water partition coefficient (Wildman–Crippen LogP) is 2.59. The summed E-state index contributed by atoms with van der Waals surface area (Å²) in [7, 11) is 2.96. The van der Waals surface area contributed by atoms with Crippen LogP contribution in [0.5, 0.6) is 11.5 Å². The third-order valence-corrected chi connectivity index (χ3v) is 2.33. The van der Waals surface area contributed by atoms with E-state index in [0.29, 0.717) is 27.2 Å². The van der Waals surface area contributed by atoms with Crippen LogP contribution in [0.2, 0.25) is 10.0 Å². The Hall–Kier alpha value is -0.800. The third kappa shape index (κ3) is 1.76. The number of rotatable bonds is 2. The Bertz CT molecular complexity index is 328. The average molecular weight is 222 g/mol. The molecule has 0 heterocycles. The summed E-state index contributed by atoms with van der Waals surface area (Å²) in [5, 5.41) is 0.623. The Labute approximate surface area is 86.3 Å². The summed E-state index contributed by atoms with van der Waals surface area (Å²) >= 11 is 11.7. The zero-order chi connectivity index (χ0) is 10.0. The Morgan fingerprint density at radius 1 is 1.15 bits per heavy atom. The Kier molecular flexibility index (Phi) is 3.12. The van der Waals surface area contributed by atoms with Gasteiger partial charge < -0.3 is 15.2 Å². The van der Waals surface area contributed by atoms with E-state index >= 15 is 0 Å². The van der Waals surface area contributed by atoms with Crippen molar-refractivity contribution in [2.24, 2.45) is 0 Å². The van der Waals surface area contributed by atoms with Gasteiger partial charge in [0.2, 0.25) is 0 Å². The molecule has 72 valence electrons. The normalized spacial score (nSPS) is 9.85. The first kappa shape index (κ1) is 10.3. The second kappa shape index (κ2) is 3.94. The third-order valence-electron chi connectivity index (χ3n) is 1.58. The summed E-state index contributed by atoms with van der Waals surface area (Å²) in [6, 6.07) is 1.55. The average Bonchev–Trinajstić information content (AvgIpc) is 2.12. The first-order valence-corrected chi connectivity index (χ1v) is 4.22. The molecule has 1 rings (SSSR count). The number of hydrogen-bond acceptors (Lipinski definition) is 3. The summed E-state index contributed by atoms with van der Waals surface area (Å²) in [5.41, 5.74) is 5.97. The van der Waals surface area contributed by atoms with Gasteiger partial charge >= 0.3 is 0 Å². The standard InChI is InChI=1S/C8H9Cl2NO2/c1-12-5-3-4(11)6(9)8(13-2)7(5)10/h3H,11H2,1-2H3. The fourth-order valence-corrected chi connectivity index (χ4v) is 1.51. The molecule has 3 nitrogen and oxygen atoms in total. The molecule has 0 atom stereocenters. The summed E-state index contributed by atoms with van der Waals surface area (Å²) in [5.74, 6) is 0.778. The molecule has 2 N–H and O–H groups in total. The largest absolute Gasteiger partial charge is 0.495 e. The van der Waals surface area contributed by atoms with Crippen LogP contribution >= 0.6 is 23.2 Å². The van der Waals surface area contributed by atoms with E-state index in [1.807, 2.05) is 0 Å². The molecule has 13 heavy (non-hydrogen) atoms. The van der Waals surface area contributed by atoms with Gasteiger partial charge in [0.1, 0.15) is 15.8 Å². The van der Waals surface area contributed by atoms with Gasteiger partial charge in [0, 0.05) is 6.07 Å². The molecule has 5 heteroatoms. The van der Waals surface area contributed by atoms with Crippen molar-refractivity contribution in [1.29, 1.82) is 0 Å². The smallest absolute Gasteiger partial charge is 0.161 e. The Balaban J connectivity index is 3.39. The number of hydrogen-bond donors (Lipinski definition) is 1. The van der Waals surface area contributed by atoms with E-state index in [9.17, 15) is 0 Å². The lowest BCUT2D eigenvalue weighted by atomic mass is 10.3. The van der Waals surface area contributed by atoms with Crippen molar-refractivity contribution >= 4 is 28.9 Å². The zero-order valence-corrected chi connectivity index (χ0v) is 8.74. The topological polar surface area (TPSA) is 44.5 Å². The molecule has 0 aromatic heterocycles. The molecule has 0 radical (unpaired) electrons. The van der Waals surface area contributed by atoms with Crippen molar-refractivity contribution in [3.8, 4) is 11.5 Å². The molecule has 0 aliphatic carbocycles. The fraction of sp³-hybridized carbons (Fsp3) is 0.250. The number of nitrogens with two attached hydrogens (primary N) is 1. The van der Waals surface area contributed by atoms with Crippen molar-refractivity contribution < 1.29 is 9.47 Å². The summed E-state index contributed by atoms with van der Waals surface area (Å²) < 4.78 is 9.95. The van der Waals surface area contributed by atoms with E-state index in [1.54, 1.807) is 6.07 Å². The van der Waals surface area contributed by atoms with Gasteiger partial charge in [0.05, 0.1) is 19.9 Å². The van der Waals surface area contributed by atoms with Crippen LogP contribution in [0.1, 0.15) is 0 Å². The van der Waals surface area contributed by atoms with Gasteiger partial charge in [-0.05, 0) is 0 Å². The molecule has 0 amide bonds. The molecular formula is C8H9Cl2NO2. The van der Waals surface area contributed by atoms with E-state index < -0.39 is 0 Å². The van der Waals surface area contributed by atoms with E-state index in [1.165, 1.54) is 14.2 Å². The molecule has 0 unspecified atom stereocenters. The van der Waals surface area contributed by atoms with Gasteiger partial charge in [0.15, 0.2) is 5.75 Å². The number of methoxy groups -OCH3 is 2. The molecule has 0 saturated heterocycles. The highest BCUT2D eigenvalue weighted by Gasteiger charge is 2.14. The first-order chi connectivity index (χ1) is 6.11. The van der Waals surface area contributed by atoms with Crippen molar-refractivity contribution in [1.82, 2.24) is 0 Å². The Morgan fingerprint density at radius 3 is 2.23 bits per heavy atom. The molecule has 1 aromatic rings. The van der Waals surface area contributed by atoms with E-state index in [0.717, 1.165) is 0 Å². The van der Waals surface area contributed by atoms with Gasteiger partial charge in [-0.25, -0.2) is 0 Å². The summed E-state index contributed by atoms with van der Waals surface area (Å²) in [4.78, 5) is 0. The second-order valence-corrected chi connectivity index (χ2v) is 3.09. The molecule has 0 bridgehead atoms. The molecule has 1 aromatic carbocycles. The van der Waals surface area contributed by atoms with Crippen molar-refractivity contribution in [3.05, 3.63) is 16.1 Å². The van der Waals surface area contributed by atoms with Crippen LogP contribution in [0.15, 0.2) is 6.07 Å². The minimum absolute atomic E-state index is 0.299. The lowest BCUT2D eigenvalue weighted by molar-refractivity contribution is 0.395. The highest BCUT2D eigenvalue weighted by Crippen LogP contribution is 2.43. The first-order valence-electron chi connectivity index (χ1n) is 3.47. The van der Waals surface area contributed by atoms with Crippen molar-refractivity contribution in [3.63, 3.8) is 0 Å². The quantitative estimate of drug-likeness (QED) is 0.782. The monoisotopic (exact) mass is 221 g/mol. The van der Waals surface area contributed by atoms with Crippen LogP contribution < -0.4 is 15.2 Å². The van der Waals surface area contributed by atoms with Gasteiger partial charge in [-0.2, -0.15) is 0 Å². The maximum atomic E-state index is 5.90. The van der Waals surface area contributed by atoms with Gasteiger partial charge in [0.25, 0.3) is 0 Å². The molecule has 0 saturated carbocycles. The van der Waals surface area contributed by atoms with Gasteiger partial charge in [-0.15, -0.1) is 0 Å². The van der Waals surface area contributed by atoms with E-state index in [2.05, 4.69) is 0 Å². The predicted molar refractivity (Wildman–Crippen MR) is 54.0 cm³/mol. The summed E-state index contributed by atoms with van der Waals surface area (Å²) in [6.45, 7) is 0. The second-order valence-electron chi connectivity index (χ2n) is 2.33. The SMILES string of the molecule is COc1cc(N)c(Cl)c(OC)c1Cl. The lowest BCUT2D eigenvalue weighted by Gasteiger charge is -2.11. The number of anilines is 1. The minimum Gasteiger partial charge on any atom is -0.495 e. The Morgan fingerprint density at radius 2 is 1.77 bits per heavy atom.